The molecule has 5 nitrogen and oxygen atoms in total. The van der Waals surface area contributed by atoms with Crippen LogP contribution in [0.1, 0.15) is 10.4 Å². The van der Waals surface area contributed by atoms with Crippen molar-refractivity contribution in [2.24, 2.45) is 0 Å². The Labute approximate surface area is 107 Å². The van der Waals surface area contributed by atoms with Crippen LogP contribution in [0.15, 0.2) is 29.1 Å². The molecule has 0 unspecified atom stereocenters. The van der Waals surface area contributed by atoms with Gasteiger partial charge in [0.15, 0.2) is 0 Å². The number of nitrogens with one attached hydrogen (secondary N) is 1. The number of rotatable bonds is 5. The summed E-state index contributed by atoms with van der Waals surface area (Å²) in [4.78, 5) is 13.7. The van der Waals surface area contributed by atoms with Crippen molar-refractivity contribution in [1.82, 2.24) is 4.98 Å². The summed E-state index contributed by atoms with van der Waals surface area (Å²) in [6.45, 7) is 0.243. The number of aromatic amines is 1. The Bertz CT molecular complexity index is 558. The van der Waals surface area contributed by atoms with Crippen LogP contribution in [0, 0.1) is 0 Å². The maximum absolute atomic E-state index is 11.0. The number of hydrogen-bond acceptors (Lipinski definition) is 5. The van der Waals surface area contributed by atoms with Crippen LogP contribution in [0.5, 0.6) is 11.6 Å². The number of aromatic hydroxyl groups is 1. The molecular weight excluding hydrogens is 254 g/mol. The van der Waals surface area contributed by atoms with Gasteiger partial charge in [0, 0.05) is 6.42 Å². The van der Waals surface area contributed by atoms with Crippen molar-refractivity contribution in [2.45, 2.75) is 6.42 Å². The third kappa shape index (κ3) is 3.12. The van der Waals surface area contributed by atoms with E-state index < -0.39 is 0 Å². The molecule has 0 aliphatic rings. The first-order valence-corrected chi connectivity index (χ1v) is 6.24. The second-order valence-electron chi connectivity index (χ2n) is 3.68. The lowest BCUT2D eigenvalue weighted by Gasteiger charge is -2.05. The number of thiazole rings is 1. The fraction of sp³-hybridized carbons (Fsp3) is 0.250. The van der Waals surface area contributed by atoms with Gasteiger partial charge in [0.1, 0.15) is 12.4 Å². The molecule has 0 aliphatic heterocycles. The number of aliphatic hydroxyl groups excluding tert-OH is 1. The molecule has 18 heavy (non-hydrogen) atoms. The number of ether oxygens (including phenoxy) is 1. The van der Waals surface area contributed by atoms with Crippen LogP contribution in [0.2, 0.25) is 0 Å². The van der Waals surface area contributed by atoms with Crippen LogP contribution in [0.3, 0.4) is 0 Å². The van der Waals surface area contributed by atoms with Gasteiger partial charge in [-0.25, -0.2) is 0 Å². The first-order chi connectivity index (χ1) is 8.69. The standard InChI is InChI=1S/C12H13NO4S/c14-5-6-17-9-3-1-8(2-4-9)7-10-11(15)13-12(16)18-10/h1-4,14-15H,5-7H2,(H,13,16). The predicted octanol–water partition coefficient (Wildman–Crippen LogP) is 1.10. The molecule has 0 bridgehead atoms. The van der Waals surface area contributed by atoms with Crippen molar-refractivity contribution in [1.29, 1.82) is 0 Å². The first kappa shape index (κ1) is 12.7. The third-order valence-corrected chi connectivity index (χ3v) is 3.22. The van der Waals surface area contributed by atoms with E-state index in [0.717, 1.165) is 16.9 Å². The van der Waals surface area contributed by atoms with Crippen LogP contribution >= 0.6 is 11.3 Å². The zero-order chi connectivity index (χ0) is 13.0. The topological polar surface area (TPSA) is 82.6 Å². The number of H-pyrrole nitrogens is 1. The summed E-state index contributed by atoms with van der Waals surface area (Å²) in [5.74, 6) is 0.616. The highest BCUT2D eigenvalue weighted by molar-refractivity contribution is 7.09. The SMILES string of the molecule is O=c1[nH]c(O)c(Cc2ccc(OCCO)cc2)s1. The molecule has 1 aromatic heterocycles. The van der Waals surface area contributed by atoms with Gasteiger partial charge in [-0.15, -0.1) is 0 Å². The van der Waals surface area contributed by atoms with Gasteiger partial charge in [-0.3, -0.25) is 9.78 Å². The summed E-state index contributed by atoms with van der Waals surface area (Å²) >= 11 is 1.00. The van der Waals surface area contributed by atoms with E-state index in [2.05, 4.69) is 4.98 Å². The highest BCUT2D eigenvalue weighted by atomic mass is 32.1. The summed E-state index contributed by atoms with van der Waals surface area (Å²) in [7, 11) is 0. The van der Waals surface area contributed by atoms with E-state index in [9.17, 15) is 9.90 Å². The molecule has 0 radical (unpaired) electrons. The summed E-state index contributed by atoms with van der Waals surface area (Å²) < 4.78 is 5.24. The number of hydrogen-bond donors (Lipinski definition) is 3. The number of benzene rings is 1. The van der Waals surface area contributed by atoms with Gasteiger partial charge in [0.25, 0.3) is 0 Å². The molecule has 3 N–H and O–H groups in total. The summed E-state index contributed by atoms with van der Waals surface area (Å²) in [6, 6.07) is 7.29. The Morgan fingerprint density at radius 3 is 2.56 bits per heavy atom. The first-order valence-electron chi connectivity index (χ1n) is 5.42. The van der Waals surface area contributed by atoms with Gasteiger partial charge in [-0.2, -0.15) is 0 Å². The van der Waals surface area contributed by atoms with E-state index in [1.807, 2.05) is 12.1 Å². The van der Waals surface area contributed by atoms with Crippen molar-refractivity contribution < 1.29 is 14.9 Å². The van der Waals surface area contributed by atoms with E-state index in [1.54, 1.807) is 12.1 Å². The maximum Gasteiger partial charge on any atom is 0.307 e. The minimum atomic E-state index is -0.259. The van der Waals surface area contributed by atoms with E-state index in [4.69, 9.17) is 9.84 Å². The molecule has 0 atom stereocenters. The van der Waals surface area contributed by atoms with Gasteiger partial charge >= 0.3 is 4.87 Å². The Morgan fingerprint density at radius 2 is 2.00 bits per heavy atom. The molecule has 0 saturated heterocycles. The maximum atomic E-state index is 11.0. The predicted molar refractivity (Wildman–Crippen MR) is 68.4 cm³/mol. The van der Waals surface area contributed by atoms with Gasteiger partial charge < -0.3 is 14.9 Å². The third-order valence-electron chi connectivity index (χ3n) is 2.35. The van der Waals surface area contributed by atoms with Crippen LogP contribution < -0.4 is 9.61 Å². The molecule has 0 spiro atoms. The fourth-order valence-corrected chi connectivity index (χ4v) is 2.28. The molecule has 0 amide bonds. The smallest absolute Gasteiger partial charge is 0.307 e. The molecule has 0 saturated carbocycles. The molecule has 96 valence electrons. The van der Waals surface area contributed by atoms with E-state index in [-0.39, 0.29) is 24.0 Å². The van der Waals surface area contributed by atoms with E-state index >= 15 is 0 Å². The molecule has 1 aromatic carbocycles. The Kier molecular flexibility index (Phi) is 4.01. The van der Waals surface area contributed by atoms with Gasteiger partial charge in [-0.05, 0) is 17.7 Å². The molecule has 0 aliphatic carbocycles. The van der Waals surface area contributed by atoms with Crippen LogP contribution in [-0.2, 0) is 6.42 Å². The second kappa shape index (κ2) is 5.70. The Balaban J connectivity index is 2.06. The van der Waals surface area contributed by atoms with Crippen molar-refractivity contribution in [2.75, 3.05) is 13.2 Å². The highest BCUT2D eigenvalue weighted by Crippen LogP contribution is 2.21. The quantitative estimate of drug-likeness (QED) is 0.757. The van der Waals surface area contributed by atoms with Crippen LogP contribution in [0.25, 0.3) is 0 Å². The average molecular weight is 267 g/mol. The van der Waals surface area contributed by atoms with Gasteiger partial charge in [-0.1, -0.05) is 23.5 Å². The lowest BCUT2D eigenvalue weighted by Crippen LogP contribution is -2.01. The van der Waals surface area contributed by atoms with Crippen molar-refractivity contribution in [3.05, 3.63) is 44.4 Å². The largest absolute Gasteiger partial charge is 0.494 e. The molecular formula is C12H13NO4S. The lowest BCUT2D eigenvalue weighted by atomic mass is 10.1. The zero-order valence-corrected chi connectivity index (χ0v) is 10.4. The monoisotopic (exact) mass is 267 g/mol. The van der Waals surface area contributed by atoms with E-state index in [1.165, 1.54) is 0 Å². The highest BCUT2D eigenvalue weighted by Gasteiger charge is 2.07. The van der Waals surface area contributed by atoms with Crippen molar-refractivity contribution >= 4 is 11.3 Å². The summed E-state index contributed by atoms with van der Waals surface area (Å²) in [6.07, 6.45) is 0.496. The second-order valence-corrected chi connectivity index (χ2v) is 4.75. The molecule has 2 aromatic rings. The zero-order valence-electron chi connectivity index (χ0n) is 9.55. The van der Waals surface area contributed by atoms with E-state index in [0.29, 0.717) is 17.0 Å². The van der Waals surface area contributed by atoms with Crippen molar-refractivity contribution in [3.63, 3.8) is 0 Å². The number of aromatic nitrogens is 1. The fourth-order valence-electron chi connectivity index (χ4n) is 1.52. The van der Waals surface area contributed by atoms with Crippen LogP contribution in [-0.4, -0.2) is 28.4 Å². The molecule has 0 fully saturated rings. The molecule has 1 heterocycles. The van der Waals surface area contributed by atoms with Crippen LogP contribution in [0.4, 0.5) is 0 Å². The Hall–Kier alpha value is -1.79. The molecule has 2 rings (SSSR count). The van der Waals surface area contributed by atoms with Crippen molar-refractivity contribution in [3.8, 4) is 11.6 Å². The lowest BCUT2D eigenvalue weighted by molar-refractivity contribution is 0.201. The minimum Gasteiger partial charge on any atom is -0.494 e. The normalized spacial score (nSPS) is 10.5. The van der Waals surface area contributed by atoms with Gasteiger partial charge in [0.2, 0.25) is 5.88 Å². The van der Waals surface area contributed by atoms with Gasteiger partial charge in [0.05, 0.1) is 11.5 Å². The number of aliphatic hydroxyl groups is 1. The summed E-state index contributed by atoms with van der Waals surface area (Å²) in [5.41, 5.74) is 0.969. The average Bonchev–Trinajstić information content (AvgIpc) is 2.67. The summed E-state index contributed by atoms with van der Waals surface area (Å²) in [5, 5.41) is 18.1. The minimum absolute atomic E-state index is 0.0209. The Morgan fingerprint density at radius 1 is 1.28 bits per heavy atom. The molecule has 6 heteroatoms.